The summed E-state index contributed by atoms with van der Waals surface area (Å²) < 4.78 is 11.8. The molecule has 1 aromatic heterocycles. The van der Waals surface area contributed by atoms with Crippen molar-refractivity contribution in [3.05, 3.63) is 22.4 Å². The van der Waals surface area contributed by atoms with Crippen LogP contribution in [0.4, 0.5) is 10.2 Å². The topological polar surface area (TPSA) is 71.8 Å². The normalized spacial score (nSPS) is 9.44. The zero-order valence-electron chi connectivity index (χ0n) is 4.17. The van der Waals surface area contributed by atoms with Crippen LogP contribution in [0.25, 0.3) is 0 Å². The summed E-state index contributed by atoms with van der Waals surface area (Å²) in [5.74, 6) is -0.507. The van der Waals surface area contributed by atoms with Crippen molar-refractivity contribution in [2.24, 2.45) is 0 Å². The van der Waals surface area contributed by atoms with Crippen molar-refractivity contribution in [2.45, 2.75) is 0 Å². The van der Waals surface area contributed by atoms with Crippen LogP contribution < -0.4 is 0 Å². The highest BCUT2D eigenvalue weighted by Gasteiger charge is 2.10. The van der Waals surface area contributed by atoms with Crippen molar-refractivity contribution in [2.75, 3.05) is 0 Å². The van der Waals surface area contributed by atoms with Gasteiger partial charge >= 0.3 is 11.9 Å². The van der Waals surface area contributed by atoms with E-state index in [9.17, 15) is 14.5 Å². The van der Waals surface area contributed by atoms with Gasteiger partial charge in [-0.25, -0.2) is 0 Å². The van der Waals surface area contributed by atoms with Crippen LogP contribution in [0.2, 0.25) is 0 Å². The third-order valence-corrected chi connectivity index (χ3v) is 0.720. The Kier molecular flexibility index (Phi) is 1.14. The van der Waals surface area contributed by atoms with E-state index >= 15 is 0 Å². The zero-order chi connectivity index (χ0) is 6.85. The van der Waals surface area contributed by atoms with Crippen molar-refractivity contribution >= 4 is 5.82 Å². The Labute approximate surface area is 48.7 Å². The van der Waals surface area contributed by atoms with E-state index in [1.165, 1.54) is 0 Å². The fourth-order valence-electron chi connectivity index (χ4n) is 0.383. The zero-order valence-corrected chi connectivity index (χ0v) is 4.17. The van der Waals surface area contributed by atoms with Gasteiger partial charge in [0.25, 0.3) is 0 Å². The molecule has 1 rings (SSSR count). The van der Waals surface area contributed by atoms with Gasteiger partial charge in [-0.15, -0.1) is 4.39 Å². The van der Waals surface area contributed by atoms with Gasteiger partial charge in [0, 0.05) is 4.98 Å². The number of nitrogens with zero attached hydrogens (tertiary/aromatic N) is 2. The number of hydrogen-bond acceptors (Lipinski definition) is 3. The summed E-state index contributed by atoms with van der Waals surface area (Å²) in [5, 5.41) is 9.77. The number of hydrogen-bond donors (Lipinski definition) is 1. The maximum absolute atomic E-state index is 11.8. The van der Waals surface area contributed by atoms with Crippen LogP contribution in [0.1, 0.15) is 0 Å². The lowest BCUT2D eigenvalue weighted by molar-refractivity contribution is -0.389. The van der Waals surface area contributed by atoms with Crippen LogP contribution in [-0.4, -0.2) is 14.9 Å². The molecule has 0 saturated carbocycles. The number of rotatable bonds is 1. The number of nitro groups is 1. The highest BCUT2D eigenvalue weighted by Crippen LogP contribution is 2.03. The Morgan fingerprint density at radius 2 is 2.56 bits per heavy atom. The molecule has 0 aliphatic heterocycles. The molecule has 0 spiro atoms. The molecule has 0 aliphatic rings. The molecule has 5 nitrogen and oxygen atoms in total. The van der Waals surface area contributed by atoms with Gasteiger partial charge in [-0.05, 0) is 4.92 Å². The Hall–Kier alpha value is -1.46. The number of imidazole rings is 1. The SMILES string of the molecule is O=[N+]([O-])c1c[nH]c(F)n1. The summed E-state index contributed by atoms with van der Waals surface area (Å²) >= 11 is 0. The first-order chi connectivity index (χ1) is 4.20. The first kappa shape index (κ1) is 5.67. The summed E-state index contributed by atoms with van der Waals surface area (Å²) in [6.45, 7) is 0. The van der Waals surface area contributed by atoms with Gasteiger partial charge in [0.1, 0.15) is 6.20 Å². The molecular weight excluding hydrogens is 129 g/mol. The molecule has 0 radical (unpaired) electrons. The molecule has 9 heavy (non-hydrogen) atoms. The standard InChI is InChI=1S/C3H2FN3O2/c4-3-5-1-2(6-3)7(8)9/h1H,(H,5,6). The molecule has 0 bridgehead atoms. The molecule has 0 unspecified atom stereocenters. The van der Waals surface area contributed by atoms with Crippen LogP contribution >= 0.6 is 0 Å². The average Bonchev–Trinajstić information content (AvgIpc) is 2.14. The fourth-order valence-corrected chi connectivity index (χ4v) is 0.383. The molecule has 0 aromatic carbocycles. The maximum Gasteiger partial charge on any atom is 0.400 e. The molecule has 0 saturated heterocycles. The van der Waals surface area contributed by atoms with Gasteiger partial charge < -0.3 is 10.1 Å². The summed E-state index contributed by atoms with van der Waals surface area (Å²) in [7, 11) is 0. The second-order valence-electron chi connectivity index (χ2n) is 1.31. The van der Waals surface area contributed by atoms with E-state index in [4.69, 9.17) is 0 Å². The van der Waals surface area contributed by atoms with Gasteiger partial charge in [0.2, 0.25) is 0 Å². The van der Waals surface area contributed by atoms with Gasteiger partial charge in [0.15, 0.2) is 0 Å². The quantitative estimate of drug-likeness (QED) is 0.444. The van der Waals surface area contributed by atoms with E-state index in [1.807, 2.05) is 4.98 Å². The van der Waals surface area contributed by atoms with Gasteiger partial charge in [-0.2, -0.15) is 0 Å². The van der Waals surface area contributed by atoms with Crippen LogP contribution in [0.3, 0.4) is 0 Å². The third kappa shape index (κ3) is 1.01. The lowest BCUT2D eigenvalue weighted by Crippen LogP contribution is -1.86. The summed E-state index contributed by atoms with van der Waals surface area (Å²) in [4.78, 5) is 13.8. The molecule has 1 heterocycles. The summed E-state index contributed by atoms with van der Waals surface area (Å²) in [5.41, 5.74) is 0. The lowest BCUT2D eigenvalue weighted by Gasteiger charge is -1.80. The van der Waals surface area contributed by atoms with E-state index in [2.05, 4.69) is 4.98 Å². The minimum atomic E-state index is -0.943. The number of aromatic amines is 1. The Morgan fingerprint density at radius 1 is 1.89 bits per heavy atom. The van der Waals surface area contributed by atoms with Gasteiger partial charge in [0.05, 0.1) is 0 Å². The molecule has 48 valence electrons. The number of nitrogens with one attached hydrogen (secondary N) is 1. The van der Waals surface area contributed by atoms with Crippen LogP contribution in [0, 0.1) is 16.2 Å². The van der Waals surface area contributed by atoms with Gasteiger partial charge in [-0.3, -0.25) is 4.98 Å². The third-order valence-electron chi connectivity index (χ3n) is 0.720. The van der Waals surface area contributed by atoms with E-state index in [0.717, 1.165) is 6.20 Å². The Balaban J connectivity index is 2.98. The second-order valence-corrected chi connectivity index (χ2v) is 1.31. The highest BCUT2D eigenvalue weighted by atomic mass is 19.1. The predicted octanol–water partition coefficient (Wildman–Crippen LogP) is 0.457. The number of H-pyrrole nitrogens is 1. The van der Waals surface area contributed by atoms with E-state index in [1.54, 1.807) is 0 Å². The maximum atomic E-state index is 11.8. The molecule has 0 fully saturated rings. The van der Waals surface area contributed by atoms with E-state index in [0.29, 0.717) is 0 Å². The Bertz CT molecular complexity index is 233. The second kappa shape index (κ2) is 1.81. The van der Waals surface area contributed by atoms with Crippen LogP contribution in [-0.2, 0) is 0 Å². The highest BCUT2D eigenvalue weighted by molar-refractivity contribution is 5.10. The smallest absolute Gasteiger partial charge is 0.358 e. The van der Waals surface area contributed by atoms with Crippen molar-refractivity contribution in [1.82, 2.24) is 9.97 Å². The van der Waals surface area contributed by atoms with Crippen LogP contribution in [0.15, 0.2) is 6.20 Å². The van der Waals surface area contributed by atoms with Crippen molar-refractivity contribution in [3.8, 4) is 0 Å². The molecular formula is C3H2FN3O2. The predicted molar refractivity (Wildman–Crippen MR) is 25.2 cm³/mol. The summed E-state index contributed by atoms with van der Waals surface area (Å²) in [6, 6.07) is 0. The minimum Gasteiger partial charge on any atom is -0.358 e. The summed E-state index contributed by atoms with van der Waals surface area (Å²) in [6.07, 6.45) is -0.0586. The Morgan fingerprint density at radius 3 is 2.78 bits per heavy atom. The first-order valence-electron chi connectivity index (χ1n) is 2.05. The first-order valence-corrected chi connectivity index (χ1v) is 2.05. The van der Waals surface area contributed by atoms with Crippen molar-refractivity contribution in [1.29, 1.82) is 0 Å². The van der Waals surface area contributed by atoms with E-state index in [-0.39, 0.29) is 0 Å². The largest absolute Gasteiger partial charge is 0.400 e. The van der Waals surface area contributed by atoms with E-state index < -0.39 is 16.8 Å². The molecule has 0 aliphatic carbocycles. The molecule has 0 atom stereocenters. The van der Waals surface area contributed by atoms with Gasteiger partial charge in [-0.1, -0.05) is 0 Å². The average molecular weight is 131 g/mol. The molecule has 6 heteroatoms. The monoisotopic (exact) mass is 131 g/mol. The lowest BCUT2D eigenvalue weighted by atomic mass is 10.8. The van der Waals surface area contributed by atoms with Crippen molar-refractivity contribution < 1.29 is 9.31 Å². The fraction of sp³-hybridized carbons (Fsp3) is 0. The molecule has 0 amide bonds. The molecule has 1 aromatic rings. The van der Waals surface area contributed by atoms with Crippen LogP contribution in [0.5, 0.6) is 0 Å². The van der Waals surface area contributed by atoms with Crippen molar-refractivity contribution in [3.63, 3.8) is 0 Å². The minimum absolute atomic E-state index is 0.507. The number of aromatic nitrogens is 2. The number of halogens is 1. The molecule has 1 N–H and O–H groups in total.